The zero-order valence-electron chi connectivity index (χ0n) is 13.9. The fraction of sp³-hybridized carbons (Fsp3) is 0.294. The lowest BCUT2D eigenvalue weighted by Crippen LogP contribution is -2.33. The second-order valence-electron chi connectivity index (χ2n) is 5.51. The number of nitrogens with one attached hydrogen (secondary N) is 2. The van der Waals surface area contributed by atoms with Crippen molar-refractivity contribution < 1.29 is 14.0 Å². The minimum atomic E-state index is -0.374. The van der Waals surface area contributed by atoms with Crippen LogP contribution in [0.15, 0.2) is 28.9 Å². The van der Waals surface area contributed by atoms with Crippen LogP contribution < -0.4 is 16.4 Å². The number of carbonyl (C=O) groups is 2. The standard InChI is InChI=1S/C17H21N3O3.ClH/c1-10-4-11(2)16(12(3)5-10)20-15(21)8-19-17(22)13-6-14(7-18)23-9-13;/h4-6,9H,7-8,18H2,1-3H3,(H,19,22)(H,20,21);1H. The van der Waals surface area contributed by atoms with Crippen molar-refractivity contribution >= 4 is 29.9 Å². The lowest BCUT2D eigenvalue weighted by Gasteiger charge is -2.13. The van der Waals surface area contributed by atoms with Gasteiger partial charge in [0, 0.05) is 5.69 Å². The first-order valence-corrected chi connectivity index (χ1v) is 7.34. The molecule has 0 unspecified atom stereocenters. The van der Waals surface area contributed by atoms with E-state index in [1.165, 1.54) is 6.26 Å². The van der Waals surface area contributed by atoms with E-state index in [0.29, 0.717) is 11.3 Å². The van der Waals surface area contributed by atoms with E-state index in [0.717, 1.165) is 22.4 Å². The van der Waals surface area contributed by atoms with Crippen molar-refractivity contribution in [3.63, 3.8) is 0 Å². The first kappa shape index (κ1) is 19.7. The topological polar surface area (TPSA) is 97.4 Å². The lowest BCUT2D eigenvalue weighted by molar-refractivity contribution is -0.115. The van der Waals surface area contributed by atoms with Gasteiger partial charge in [-0.2, -0.15) is 0 Å². The molecule has 130 valence electrons. The van der Waals surface area contributed by atoms with Crippen LogP contribution in [0.2, 0.25) is 0 Å². The Kier molecular flexibility index (Phi) is 7.00. The Balaban J connectivity index is 0.00000288. The zero-order valence-corrected chi connectivity index (χ0v) is 14.8. The molecule has 24 heavy (non-hydrogen) atoms. The number of hydrogen-bond donors (Lipinski definition) is 3. The molecule has 0 aliphatic rings. The van der Waals surface area contributed by atoms with Gasteiger partial charge in [-0.15, -0.1) is 12.4 Å². The highest BCUT2D eigenvalue weighted by Gasteiger charge is 2.12. The molecule has 4 N–H and O–H groups in total. The number of anilines is 1. The van der Waals surface area contributed by atoms with Crippen LogP contribution in [0.4, 0.5) is 5.69 Å². The third-order valence-corrected chi connectivity index (χ3v) is 3.47. The number of benzene rings is 1. The van der Waals surface area contributed by atoms with E-state index in [1.807, 2.05) is 32.9 Å². The van der Waals surface area contributed by atoms with Crippen LogP contribution in [0.5, 0.6) is 0 Å². The zero-order chi connectivity index (χ0) is 17.0. The SMILES string of the molecule is Cc1cc(C)c(NC(=O)CNC(=O)c2coc(CN)c2)c(C)c1.Cl. The predicted molar refractivity (Wildman–Crippen MR) is 95.5 cm³/mol. The maximum Gasteiger partial charge on any atom is 0.254 e. The number of amides is 2. The summed E-state index contributed by atoms with van der Waals surface area (Å²) in [4.78, 5) is 23.9. The molecule has 7 heteroatoms. The molecule has 6 nitrogen and oxygen atoms in total. The average molecular weight is 352 g/mol. The van der Waals surface area contributed by atoms with Crippen LogP contribution in [0.1, 0.15) is 32.8 Å². The van der Waals surface area contributed by atoms with Crippen molar-refractivity contribution in [2.24, 2.45) is 5.73 Å². The first-order chi connectivity index (χ1) is 10.9. The second-order valence-corrected chi connectivity index (χ2v) is 5.51. The molecule has 0 atom stereocenters. The number of halogens is 1. The Morgan fingerprint density at radius 2 is 1.75 bits per heavy atom. The van der Waals surface area contributed by atoms with E-state index in [-0.39, 0.29) is 37.3 Å². The lowest BCUT2D eigenvalue weighted by atomic mass is 10.1. The van der Waals surface area contributed by atoms with Gasteiger partial charge in [-0.05, 0) is 38.0 Å². The Labute approximate surface area is 147 Å². The highest BCUT2D eigenvalue weighted by Crippen LogP contribution is 2.21. The minimum Gasteiger partial charge on any atom is -0.467 e. The fourth-order valence-corrected chi connectivity index (χ4v) is 2.43. The number of aryl methyl sites for hydroxylation is 3. The summed E-state index contributed by atoms with van der Waals surface area (Å²) in [5.74, 6) is -0.137. The van der Waals surface area contributed by atoms with Crippen LogP contribution in [-0.4, -0.2) is 18.4 Å². The Morgan fingerprint density at radius 3 is 2.29 bits per heavy atom. The Hall–Kier alpha value is -2.31. The monoisotopic (exact) mass is 351 g/mol. The van der Waals surface area contributed by atoms with Crippen LogP contribution in [-0.2, 0) is 11.3 Å². The molecule has 0 bridgehead atoms. The summed E-state index contributed by atoms with van der Waals surface area (Å²) >= 11 is 0. The van der Waals surface area contributed by atoms with Crippen LogP contribution >= 0.6 is 12.4 Å². The minimum absolute atomic E-state index is 0. The predicted octanol–water partition coefficient (Wildman–Crippen LogP) is 2.45. The van der Waals surface area contributed by atoms with E-state index < -0.39 is 0 Å². The molecule has 1 heterocycles. The number of rotatable bonds is 5. The van der Waals surface area contributed by atoms with E-state index >= 15 is 0 Å². The molecular formula is C17H22ClN3O3. The van der Waals surface area contributed by atoms with Crippen molar-refractivity contribution in [1.82, 2.24) is 5.32 Å². The number of carbonyl (C=O) groups excluding carboxylic acids is 2. The van der Waals surface area contributed by atoms with E-state index in [9.17, 15) is 9.59 Å². The van der Waals surface area contributed by atoms with Crippen LogP contribution in [0.3, 0.4) is 0 Å². The summed E-state index contributed by atoms with van der Waals surface area (Å²) in [5.41, 5.74) is 9.67. The van der Waals surface area contributed by atoms with Gasteiger partial charge in [0.25, 0.3) is 5.91 Å². The third kappa shape index (κ3) is 4.84. The number of hydrogen-bond acceptors (Lipinski definition) is 4. The first-order valence-electron chi connectivity index (χ1n) is 7.34. The van der Waals surface area contributed by atoms with Crippen LogP contribution in [0.25, 0.3) is 0 Å². The highest BCUT2D eigenvalue weighted by molar-refractivity contribution is 5.99. The van der Waals surface area contributed by atoms with Crippen molar-refractivity contribution in [2.75, 3.05) is 11.9 Å². The molecule has 0 fully saturated rings. The van der Waals surface area contributed by atoms with Crippen molar-refractivity contribution in [1.29, 1.82) is 0 Å². The van der Waals surface area contributed by atoms with Gasteiger partial charge in [0.1, 0.15) is 12.0 Å². The summed E-state index contributed by atoms with van der Waals surface area (Å²) in [5, 5.41) is 5.39. The second kappa shape index (κ2) is 8.52. The normalized spacial score (nSPS) is 10.0. The largest absolute Gasteiger partial charge is 0.467 e. The number of furan rings is 1. The maximum absolute atomic E-state index is 12.0. The Bertz CT molecular complexity index is 717. The fourth-order valence-electron chi connectivity index (χ4n) is 2.43. The summed E-state index contributed by atoms with van der Waals surface area (Å²) in [6, 6.07) is 5.56. The average Bonchev–Trinajstić information content (AvgIpc) is 2.97. The molecule has 0 saturated carbocycles. The third-order valence-electron chi connectivity index (χ3n) is 3.47. The molecular weight excluding hydrogens is 330 g/mol. The number of nitrogens with two attached hydrogens (primary N) is 1. The maximum atomic E-state index is 12.0. The van der Waals surface area contributed by atoms with Gasteiger partial charge < -0.3 is 20.8 Å². The van der Waals surface area contributed by atoms with Crippen molar-refractivity contribution in [2.45, 2.75) is 27.3 Å². The van der Waals surface area contributed by atoms with Gasteiger partial charge in [-0.1, -0.05) is 17.7 Å². The van der Waals surface area contributed by atoms with Crippen molar-refractivity contribution in [3.8, 4) is 0 Å². The molecule has 0 spiro atoms. The van der Waals surface area contributed by atoms with Gasteiger partial charge in [-0.3, -0.25) is 9.59 Å². The highest BCUT2D eigenvalue weighted by atomic mass is 35.5. The summed E-state index contributed by atoms with van der Waals surface area (Å²) in [6.07, 6.45) is 1.32. The summed E-state index contributed by atoms with van der Waals surface area (Å²) < 4.78 is 5.09. The van der Waals surface area contributed by atoms with E-state index in [2.05, 4.69) is 10.6 Å². The van der Waals surface area contributed by atoms with Gasteiger partial charge in [0.2, 0.25) is 5.91 Å². The van der Waals surface area contributed by atoms with Gasteiger partial charge in [-0.25, -0.2) is 0 Å². The molecule has 0 saturated heterocycles. The van der Waals surface area contributed by atoms with E-state index in [1.54, 1.807) is 6.07 Å². The summed E-state index contributed by atoms with van der Waals surface area (Å²) in [7, 11) is 0. The van der Waals surface area contributed by atoms with E-state index in [4.69, 9.17) is 10.2 Å². The molecule has 0 aliphatic carbocycles. The molecule has 1 aromatic carbocycles. The van der Waals surface area contributed by atoms with Gasteiger partial charge in [0.05, 0.1) is 18.7 Å². The molecule has 2 amide bonds. The molecule has 2 rings (SSSR count). The molecule has 1 aromatic heterocycles. The summed E-state index contributed by atoms with van der Waals surface area (Å²) in [6.45, 7) is 5.99. The quantitative estimate of drug-likeness (QED) is 0.770. The van der Waals surface area contributed by atoms with Crippen molar-refractivity contribution in [3.05, 3.63) is 52.5 Å². The molecule has 0 radical (unpaired) electrons. The molecule has 2 aromatic rings. The Morgan fingerprint density at radius 1 is 1.12 bits per heavy atom. The van der Waals surface area contributed by atoms with Crippen LogP contribution in [0, 0.1) is 20.8 Å². The molecule has 0 aliphatic heterocycles. The smallest absolute Gasteiger partial charge is 0.254 e. The van der Waals surface area contributed by atoms with Gasteiger partial charge in [0.15, 0.2) is 0 Å². The van der Waals surface area contributed by atoms with Gasteiger partial charge >= 0.3 is 0 Å².